The molecule has 0 fully saturated rings. The molecule has 2 aromatic rings. The smallest absolute Gasteiger partial charge is 0.250 e. The SMILES string of the molecule is COc1cc(C)c2c(c1)CCC/C2=N/NC(=O)CSCC(=O)Nc1ccccc1. The highest BCUT2D eigenvalue weighted by Gasteiger charge is 2.19. The van der Waals surface area contributed by atoms with E-state index in [1.54, 1.807) is 7.11 Å². The monoisotopic (exact) mass is 411 g/mol. The van der Waals surface area contributed by atoms with E-state index in [1.165, 1.54) is 17.3 Å². The first-order valence-electron chi connectivity index (χ1n) is 9.52. The molecule has 152 valence electrons. The number of ether oxygens (including phenoxy) is 1. The topological polar surface area (TPSA) is 79.8 Å². The Labute approximate surface area is 175 Å². The minimum absolute atomic E-state index is 0.133. The summed E-state index contributed by atoms with van der Waals surface area (Å²) in [5, 5.41) is 7.17. The molecule has 0 spiro atoms. The number of amides is 2. The number of thioether (sulfide) groups is 1. The maximum Gasteiger partial charge on any atom is 0.250 e. The number of anilines is 1. The molecular formula is C22H25N3O3S. The van der Waals surface area contributed by atoms with E-state index in [2.05, 4.69) is 15.8 Å². The normalized spacial score (nSPS) is 14.2. The van der Waals surface area contributed by atoms with Crippen LogP contribution in [-0.2, 0) is 16.0 Å². The van der Waals surface area contributed by atoms with Crippen molar-refractivity contribution < 1.29 is 14.3 Å². The summed E-state index contributed by atoms with van der Waals surface area (Å²) in [5.41, 5.74) is 7.68. The summed E-state index contributed by atoms with van der Waals surface area (Å²) < 4.78 is 5.35. The number of rotatable bonds is 7. The van der Waals surface area contributed by atoms with Crippen molar-refractivity contribution in [3.63, 3.8) is 0 Å². The van der Waals surface area contributed by atoms with Crippen molar-refractivity contribution in [1.29, 1.82) is 0 Å². The van der Waals surface area contributed by atoms with Crippen molar-refractivity contribution >= 4 is 35.0 Å². The number of benzene rings is 2. The first-order valence-corrected chi connectivity index (χ1v) is 10.7. The van der Waals surface area contributed by atoms with E-state index < -0.39 is 0 Å². The number of aryl methyl sites for hydroxylation is 2. The number of fused-ring (bicyclic) bond motifs is 1. The van der Waals surface area contributed by atoms with Crippen LogP contribution in [0.1, 0.15) is 29.5 Å². The predicted octanol–water partition coefficient (Wildman–Crippen LogP) is 3.53. The van der Waals surface area contributed by atoms with Crippen molar-refractivity contribution in [2.45, 2.75) is 26.2 Å². The zero-order chi connectivity index (χ0) is 20.6. The number of nitrogens with zero attached hydrogens (tertiary/aromatic N) is 1. The molecule has 1 aliphatic rings. The Kier molecular flexibility index (Phi) is 7.30. The Morgan fingerprint density at radius 1 is 1.10 bits per heavy atom. The Morgan fingerprint density at radius 2 is 1.86 bits per heavy atom. The van der Waals surface area contributed by atoms with Crippen LogP contribution >= 0.6 is 11.8 Å². The van der Waals surface area contributed by atoms with Crippen LogP contribution in [0.3, 0.4) is 0 Å². The van der Waals surface area contributed by atoms with Gasteiger partial charge in [0, 0.05) is 11.3 Å². The molecule has 6 nitrogen and oxygen atoms in total. The third kappa shape index (κ3) is 5.84. The predicted molar refractivity (Wildman–Crippen MR) is 118 cm³/mol. The zero-order valence-electron chi connectivity index (χ0n) is 16.7. The van der Waals surface area contributed by atoms with E-state index in [0.29, 0.717) is 0 Å². The third-order valence-corrected chi connectivity index (χ3v) is 5.55. The molecule has 0 saturated heterocycles. The molecule has 0 radical (unpaired) electrons. The zero-order valence-corrected chi connectivity index (χ0v) is 17.5. The van der Waals surface area contributed by atoms with Crippen molar-refractivity contribution in [2.24, 2.45) is 5.10 Å². The number of carbonyl (C=O) groups is 2. The van der Waals surface area contributed by atoms with Crippen LogP contribution in [0.2, 0.25) is 0 Å². The van der Waals surface area contributed by atoms with Crippen LogP contribution in [-0.4, -0.2) is 36.1 Å². The minimum atomic E-state index is -0.215. The van der Waals surface area contributed by atoms with Gasteiger partial charge in [0.15, 0.2) is 0 Å². The van der Waals surface area contributed by atoms with E-state index in [1.807, 2.05) is 49.4 Å². The Balaban J connectivity index is 1.51. The molecule has 0 bridgehead atoms. The van der Waals surface area contributed by atoms with Gasteiger partial charge in [-0.1, -0.05) is 18.2 Å². The van der Waals surface area contributed by atoms with Crippen LogP contribution in [0, 0.1) is 6.92 Å². The average Bonchev–Trinajstić information content (AvgIpc) is 2.72. The second kappa shape index (κ2) is 10.1. The summed E-state index contributed by atoms with van der Waals surface area (Å²) in [4.78, 5) is 24.1. The van der Waals surface area contributed by atoms with Crippen molar-refractivity contribution in [2.75, 3.05) is 23.9 Å². The van der Waals surface area contributed by atoms with Crippen LogP contribution < -0.4 is 15.5 Å². The van der Waals surface area contributed by atoms with Crippen molar-refractivity contribution in [1.82, 2.24) is 5.43 Å². The number of para-hydroxylation sites is 1. The van der Waals surface area contributed by atoms with E-state index in [9.17, 15) is 9.59 Å². The van der Waals surface area contributed by atoms with Crippen LogP contribution in [0.15, 0.2) is 47.6 Å². The second-order valence-corrected chi connectivity index (χ2v) is 7.82. The molecule has 2 aromatic carbocycles. The fourth-order valence-electron chi connectivity index (χ4n) is 3.35. The van der Waals surface area contributed by atoms with Crippen LogP contribution in [0.25, 0.3) is 0 Å². The second-order valence-electron chi connectivity index (χ2n) is 6.83. The summed E-state index contributed by atoms with van der Waals surface area (Å²) >= 11 is 1.26. The first-order chi connectivity index (χ1) is 14.1. The van der Waals surface area contributed by atoms with Gasteiger partial charge in [-0.3, -0.25) is 9.59 Å². The lowest BCUT2D eigenvalue weighted by Crippen LogP contribution is -2.25. The molecule has 0 saturated carbocycles. The summed E-state index contributed by atoms with van der Waals surface area (Å²) in [5.74, 6) is 0.879. The summed E-state index contributed by atoms with van der Waals surface area (Å²) in [6.45, 7) is 2.03. The quantitative estimate of drug-likeness (QED) is 0.683. The van der Waals surface area contributed by atoms with Gasteiger partial charge < -0.3 is 10.1 Å². The lowest BCUT2D eigenvalue weighted by molar-refractivity contribution is -0.118. The number of carbonyl (C=O) groups excluding carboxylic acids is 2. The first kappa shape index (κ1) is 20.9. The molecule has 0 heterocycles. The van der Waals surface area contributed by atoms with Gasteiger partial charge in [0.2, 0.25) is 11.8 Å². The van der Waals surface area contributed by atoms with Gasteiger partial charge in [-0.15, -0.1) is 11.8 Å². The van der Waals surface area contributed by atoms with E-state index >= 15 is 0 Å². The van der Waals surface area contributed by atoms with Gasteiger partial charge in [-0.05, 0) is 61.6 Å². The summed E-state index contributed by atoms with van der Waals surface area (Å²) in [6, 6.07) is 13.3. The van der Waals surface area contributed by atoms with Gasteiger partial charge in [0.25, 0.3) is 0 Å². The molecular weight excluding hydrogens is 386 g/mol. The molecule has 2 amide bonds. The number of hydrogen-bond donors (Lipinski definition) is 2. The van der Waals surface area contributed by atoms with Gasteiger partial charge in [0.1, 0.15) is 5.75 Å². The van der Waals surface area contributed by atoms with E-state index in [4.69, 9.17) is 4.74 Å². The fourth-order valence-corrected chi connectivity index (χ4v) is 3.96. The molecule has 0 aromatic heterocycles. The van der Waals surface area contributed by atoms with E-state index in [0.717, 1.165) is 47.5 Å². The minimum Gasteiger partial charge on any atom is -0.497 e. The molecule has 29 heavy (non-hydrogen) atoms. The average molecular weight is 412 g/mol. The lowest BCUT2D eigenvalue weighted by atomic mass is 9.87. The van der Waals surface area contributed by atoms with Gasteiger partial charge in [-0.25, -0.2) is 5.43 Å². The summed E-state index contributed by atoms with van der Waals surface area (Å²) in [6.07, 6.45) is 2.79. The highest BCUT2D eigenvalue weighted by Crippen LogP contribution is 2.29. The molecule has 0 atom stereocenters. The highest BCUT2D eigenvalue weighted by molar-refractivity contribution is 8.00. The molecule has 7 heteroatoms. The fraction of sp³-hybridized carbons (Fsp3) is 0.318. The molecule has 0 unspecified atom stereocenters. The van der Waals surface area contributed by atoms with Crippen molar-refractivity contribution in [3.8, 4) is 5.75 Å². The molecule has 2 N–H and O–H groups in total. The number of hydrogen-bond acceptors (Lipinski definition) is 5. The Bertz CT molecular complexity index is 913. The number of nitrogens with one attached hydrogen (secondary N) is 2. The van der Waals surface area contributed by atoms with Crippen LogP contribution in [0.5, 0.6) is 5.75 Å². The molecule has 0 aliphatic heterocycles. The summed E-state index contributed by atoms with van der Waals surface area (Å²) in [7, 11) is 1.66. The lowest BCUT2D eigenvalue weighted by Gasteiger charge is -2.21. The third-order valence-electron chi connectivity index (χ3n) is 4.61. The number of hydrazone groups is 1. The standard InChI is InChI=1S/C22H25N3O3S/c1-15-11-18(28-2)12-16-7-6-10-19(22(15)16)24-25-21(27)14-29-13-20(26)23-17-8-4-3-5-9-17/h3-5,8-9,11-12H,6-7,10,13-14H2,1-2H3,(H,23,26)(H,25,27)/b24-19-. The molecule has 1 aliphatic carbocycles. The van der Waals surface area contributed by atoms with Gasteiger partial charge in [-0.2, -0.15) is 5.10 Å². The van der Waals surface area contributed by atoms with Gasteiger partial charge >= 0.3 is 0 Å². The van der Waals surface area contributed by atoms with Gasteiger partial charge in [0.05, 0.1) is 24.3 Å². The largest absolute Gasteiger partial charge is 0.497 e. The van der Waals surface area contributed by atoms with E-state index in [-0.39, 0.29) is 23.3 Å². The maximum absolute atomic E-state index is 12.1. The van der Waals surface area contributed by atoms with Crippen molar-refractivity contribution in [3.05, 3.63) is 59.2 Å². The highest BCUT2D eigenvalue weighted by atomic mass is 32.2. The van der Waals surface area contributed by atoms with Crippen LogP contribution in [0.4, 0.5) is 5.69 Å². The Morgan fingerprint density at radius 3 is 2.62 bits per heavy atom. The molecule has 3 rings (SSSR count). The maximum atomic E-state index is 12.1. The number of methoxy groups -OCH3 is 1. The Hall–Kier alpha value is -2.80.